The Balaban J connectivity index is 1.61. The van der Waals surface area contributed by atoms with Gasteiger partial charge in [0.05, 0.1) is 18.6 Å². The van der Waals surface area contributed by atoms with E-state index in [2.05, 4.69) is 20.5 Å². The van der Waals surface area contributed by atoms with E-state index in [9.17, 15) is 4.79 Å². The summed E-state index contributed by atoms with van der Waals surface area (Å²) in [6.45, 7) is 1.92. The number of rotatable bonds is 7. The Morgan fingerprint density at radius 1 is 1.12 bits per heavy atom. The number of ether oxygens (including phenoxy) is 1. The molecule has 0 fully saturated rings. The van der Waals surface area contributed by atoms with Gasteiger partial charge in [0.15, 0.2) is 11.0 Å². The van der Waals surface area contributed by atoms with Crippen molar-refractivity contribution in [1.82, 2.24) is 19.7 Å². The number of amides is 1. The summed E-state index contributed by atoms with van der Waals surface area (Å²) < 4.78 is 7.28. The van der Waals surface area contributed by atoms with E-state index in [1.54, 1.807) is 31.6 Å². The van der Waals surface area contributed by atoms with Gasteiger partial charge < -0.3 is 10.1 Å². The molecule has 0 bridgehead atoms. The monoisotopic (exact) mass is 465 g/mol. The number of carbonyl (C=O) groups is 1. The maximum Gasteiger partial charge on any atom is 0.234 e. The second kappa shape index (κ2) is 9.84. The number of hydrogen-bond donors (Lipinski definition) is 1. The maximum absolute atomic E-state index is 12.6. The van der Waals surface area contributed by atoms with Crippen LogP contribution < -0.4 is 10.1 Å². The van der Waals surface area contributed by atoms with Crippen LogP contribution in [-0.2, 0) is 4.79 Å². The third kappa shape index (κ3) is 4.92. The zero-order chi connectivity index (χ0) is 22.5. The number of halogens is 1. The molecule has 2 aromatic carbocycles. The quantitative estimate of drug-likeness (QED) is 0.385. The molecule has 1 amide bonds. The fourth-order valence-corrected chi connectivity index (χ4v) is 4.00. The summed E-state index contributed by atoms with van der Waals surface area (Å²) in [5, 5.41) is 12.8. The Morgan fingerprint density at radius 2 is 1.94 bits per heavy atom. The third-order valence-corrected chi connectivity index (χ3v) is 5.85. The molecule has 4 rings (SSSR count). The molecule has 2 aromatic heterocycles. The molecule has 7 nitrogen and oxygen atoms in total. The lowest BCUT2D eigenvalue weighted by molar-refractivity contribution is -0.113. The highest BCUT2D eigenvalue weighted by molar-refractivity contribution is 7.99. The first-order valence-corrected chi connectivity index (χ1v) is 11.1. The van der Waals surface area contributed by atoms with Crippen LogP contribution in [0.3, 0.4) is 0 Å². The molecular formula is C23H20ClN5O2S. The molecule has 0 saturated heterocycles. The van der Waals surface area contributed by atoms with Crippen molar-refractivity contribution < 1.29 is 9.53 Å². The molecule has 2 heterocycles. The molecule has 1 N–H and O–H groups in total. The van der Waals surface area contributed by atoms with E-state index in [1.165, 1.54) is 11.8 Å². The van der Waals surface area contributed by atoms with Crippen LogP contribution in [0, 0.1) is 6.92 Å². The van der Waals surface area contributed by atoms with Crippen molar-refractivity contribution in [3.63, 3.8) is 0 Å². The first kappa shape index (κ1) is 21.9. The molecule has 0 atom stereocenters. The van der Waals surface area contributed by atoms with Crippen molar-refractivity contribution >= 4 is 35.0 Å². The molecule has 0 aliphatic rings. The van der Waals surface area contributed by atoms with E-state index >= 15 is 0 Å². The van der Waals surface area contributed by atoms with Gasteiger partial charge in [-0.05, 0) is 48.9 Å². The van der Waals surface area contributed by atoms with Gasteiger partial charge in [-0.3, -0.25) is 14.3 Å². The molecular weight excluding hydrogens is 446 g/mol. The second-order valence-electron chi connectivity index (χ2n) is 6.88. The minimum atomic E-state index is -0.161. The highest BCUT2D eigenvalue weighted by atomic mass is 35.5. The van der Waals surface area contributed by atoms with Gasteiger partial charge in [-0.1, -0.05) is 35.5 Å². The highest BCUT2D eigenvalue weighted by Gasteiger charge is 2.18. The largest absolute Gasteiger partial charge is 0.497 e. The topological polar surface area (TPSA) is 81.9 Å². The fraction of sp³-hybridized carbons (Fsp3) is 0.130. The van der Waals surface area contributed by atoms with Gasteiger partial charge in [-0.2, -0.15) is 0 Å². The smallest absolute Gasteiger partial charge is 0.234 e. The summed E-state index contributed by atoms with van der Waals surface area (Å²) in [6.07, 6.45) is 3.40. The summed E-state index contributed by atoms with van der Waals surface area (Å²) in [5.74, 6) is 1.35. The lowest BCUT2D eigenvalue weighted by Gasteiger charge is -2.12. The van der Waals surface area contributed by atoms with Gasteiger partial charge in [0.25, 0.3) is 0 Å². The molecule has 0 radical (unpaired) electrons. The minimum absolute atomic E-state index is 0.157. The molecule has 162 valence electrons. The fourth-order valence-electron chi connectivity index (χ4n) is 3.08. The molecule has 0 unspecified atom stereocenters. The summed E-state index contributed by atoms with van der Waals surface area (Å²) >= 11 is 7.35. The number of carbonyl (C=O) groups excluding carboxylic acids is 1. The van der Waals surface area contributed by atoms with E-state index in [-0.39, 0.29) is 11.7 Å². The van der Waals surface area contributed by atoms with Crippen molar-refractivity contribution in [3.8, 4) is 22.8 Å². The highest BCUT2D eigenvalue weighted by Crippen LogP contribution is 2.29. The maximum atomic E-state index is 12.6. The van der Waals surface area contributed by atoms with E-state index in [4.69, 9.17) is 16.3 Å². The summed E-state index contributed by atoms with van der Waals surface area (Å²) in [6, 6.07) is 16.7. The van der Waals surface area contributed by atoms with Crippen LogP contribution in [0.1, 0.15) is 5.56 Å². The van der Waals surface area contributed by atoms with E-state index in [0.29, 0.717) is 27.4 Å². The Kier molecular flexibility index (Phi) is 6.72. The lowest BCUT2D eigenvalue weighted by atomic mass is 10.2. The van der Waals surface area contributed by atoms with Crippen LogP contribution in [0.2, 0.25) is 5.02 Å². The first-order chi connectivity index (χ1) is 15.5. The van der Waals surface area contributed by atoms with Crippen molar-refractivity contribution in [2.24, 2.45) is 0 Å². The van der Waals surface area contributed by atoms with E-state index in [0.717, 1.165) is 16.8 Å². The molecule has 4 aromatic rings. The number of aromatic nitrogens is 4. The number of hydrogen-bond acceptors (Lipinski definition) is 6. The van der Waals surface area contributed by atoms with Crippen LogP contribution in [0.5, 0.6) is 5.75 Å². The molecule has 0 spiro atoms. The second-order valence-corrected chi connectivity index (χ2v) is 8.25. The lowest BCUT2D eigenvalue weighted by Crippen LogP contribution is -2.15. The summed E-state index contributed by atoms with van der Waals surface area (Å²) in [7, 11) is 1.62. The standard InChI is InChI=1S/C23H20ClN5O2S/c1-15-6-7-17(24)12-20(15)26-21(30)14-32-23-28-27-22(16-8-10-25-11-9-16)29(23)18-4-3-5-19(13-18)31-2/h3-13H,14H2,1-2H3,(H,26,30). The van der Waals surface area contributed by atoms with Crippen molar-refractivity contribution in [2.75, 3.05) is 18.2 Å². The van der Waals surface area contributed by atoms with Crippen LogP contribution in [0.25, 0.3) is 17.1 Å². The van der Waals surface area contributed by atoms with Crippen LogP contribution in [-0.4, -0.2) is 38.5 Å². The van der Waals surface area contributed by atoms with E-state index < -0.39 is 0 Å². The van der Waals surface area contributed by atoms with Crippen LogP contribution in [0.15, 0.2) is 72.1 Å². The van der Waals surface area contributed by atoms with Crippen LogP contribution in [0.4, 0.5) is 5.69 Å². The molecule has 9 heteroatoms. The van der Waals surface area contributed by atoms with Gasteiger partial charge in [-0.25, -0.2) is 0 Å². The zero-order valence-electron chi connectivity index (χ0n) is 17.4. The predicted octanol–water partition coefficient (Wildman–Crippen LogP) is 5.03. The van der Waals surface area contributed by atoms with Gasteiger partial charge in [-0.15, -0.1) is 10.2 Å². The number of nitrogens with zero attached hydrogens (tertiary/aromatic N) is 4. The van der Waals surface area contributed by atoms with E-state index in [1.807, 2.05) is 54.0 Å². The Bertz CT molecular complexity index is 1250. The predicted molar refractivity (Wildman–Crippen MR) is 127 cm³/mol. The number of aryl methyl sites for hydroxylation is 1. The first-order valence-electron chi connectivity index (χ1n) is 9.74. The third-order valence-electron chi connectivity index (χ3n) is 4.69. The van der Waals surface area contributed by atoms with Gasteiger partial charge >= 0.3 is 0 Å². The molecule has 32 heavy (non-hydrogen) atoms. The molecule has 0 aliphatic carbocycles. The average molecular weight is 466 g/mol. The van der Waals surface area contributed by atoms with Crippen molar-refractivity contribution in [3.05, 3.63) is 77.6 Å². The zero-order valence-corrected chi connectivity index (χ0v) is 19.0. The Hall–Kier alpha value is -3.36. The number of methoxy groups -OCH3 is 1. The summed E-state index contributed by atoms with van der Waals surface area (Å²) in [4.78, 5) is 16.7. The number of nitrogens with one attached hydrogen (secondary N) is 1. The van der Waals surface area contributed by atoms with Gasteiger partial charge in [0, 0.05) is 34.7 Å². The minimum Gasteiger partial charge on any atom is -0.497 e. The number of pyridine rings is 1. The average Bonchev–Trinajstić information content (AvgIpc) is 3.25. The number of benzene rings is 2. The number of anilines is 1. The van der Waals surface area contributed by atoms with Crippen molar-refractivity contribution in [2.45, 2.75) is 12.1 Å². The SMILES string of the molecule is COc1cccc(-n2c(SCC(=O)Nc3cc(Cl)ccc3C)nnc2-c2ccncc2)c1. The van der Waals surface area contributed by atoms with Crippen LogP contribution >= 0.6 is 23.4 Å². The Labute approximate surface area is 194 Å². The number of thioether (sulfide) groups is 1. The van der Waals surface area contributed by atoms with Gasteiger partial charge in [0.2, 0.25) is 5.91 Å². The van der Waals surface area contributed by atoms with Gasteiger partial charge in [0.1, 0.15) is 5.75 Å². The molecule has 0 aliphatic heterocycles. The Morgan fingerprint density at radius 3 is 2.72 bits per heavy atom. The molecule has 0 saturated carbocycles. The summed E-state index contributed by atoms with van der Waals surface area (Å²) in [5.41, 5.74) is 3.32. The van der Waals surface area contributed by atoms with Crippen molar-refractivity contribution in [1.29, 1.82) is 0 Å². The normalized spacial score (nSPS) is 10.7.